The second-order valence-corrected chi connectivity index (χ2v) is 1.73. The highest BCUT2D eigenvalue weighted by atomic mass is 15.1. The van der Waals surface area contributed by atoms with Crippen molar-refractivity contribution in [3.63, 3.8) is 0 Å². The molecule has 0 bridgehead atoms. The van der Waals surface area contributed by atoms with Crippen LogP contribution in [0.2, 0.25) is 0 Å². The first kappa shape index (κ1) is 5.83. The second kappa shape index (κ2) is 2.31. The van der Waals surface area contributed by atoms with Gasteiger partial charge in [-0.15, -0.1) is 0 Å². The minimum Gasteiger partial charge on any atom is -0.281 e. The van der Waals surface area contributed by atoms with Gasteiger partial charge in [-0.3, -0.25) is 5.10 Å². The first-order valence-electron chi connectivity index (χ1n) is 2.80. The highest BCUT2D eigenvalue weighted by Crippen LogP contribution is 2.01. The Balaban J connectivity index is 3.02. The normalized spacial score (nSPS) is 8.89. The largest absolute Gasteiger partial charge is 0.281 e. The number of hydrogen-bond acceptors (Lipinski definition) is 2. The molecule has 0 saturated heterocycles. The summed E-state index contributed by atoms with van der Waals surface area (Å²) in [4.78, 5) is 0. The van der Waals surface area contributed by atoms with Gasteiger partial charge in [0.1, 0.15) is 6.07 Å². The van der Waals surface area contributed by atoms with Crippen molar-refractivity contribution < 1.29 is 0 Å². The average molecular weight is 121 g/mol. The van der Waals surface area contributed by atoms with Crippen LogP contribution in [0.25, 0.3) is 0 Å². The summed E-state index contributed by atoms with van der Waals surface area (Å²) in [5, 5.41) is 14.9. The number of nitrogens with zero attached hydrogens (tertiary/aromatic N) is 2. The Labute approximate surface area is 53.3 Å². The molecule has 1 N–H and O–H groups in total. The third kappa shape index (κ3) is 0.918. The van der Waals surface area contributed by atoms with Crippen molar-refractivity contribution in [1.29, 1.82) is 5.26 Å². The molecule has 0 amide bonds. The molecule has 1 aromatic heterocycles. The fourth-order valence-electron chi connectivity index (χ4n) is 0.679. The molecule has 46 valence electrons. The predicted octanol–water partition coefficient (Wildman–Crippen LogP) is 0.844. The molecule has 3 heteroatoms. The number of rotatable bonds is 1. The molecule has 0 fully saturated rings. The van der Waals surface area contributed by atoms with E-state index in [1.807, 2.05) is 13.0 Å². The van der Waals surface area contributed by atoms with Crippen LogP contribution in [-0.4, -0.2) is 10.2 Å². The summed E-state index contributed by atoms with van der Waals surface area (Å²) < 4.78 is 0. The zero-order valence-electron chi connectivity index (χ0n) is 5.18. The lowest BCUT2D eigenvalue weighted by molar-refractivity contribution is 0.972. The lowest BCUT2D eigenvalue weighted by atomic mass is 10.2. The Kier molecular flexibility index (Phi) is 1.50. The summed E-state index contributed by atoms with van der Waals surface area (Å²) in [7, 11) is 0. The summed E-state index contributed by atoms with van der Waals surface area (Å²) in [6.45, 7) is 1.98. The Morgan fingerprint density at radius 3 is 3.11 bits per heavy atom. The van der Waals surface area contributed by atoms with Crippen molar-refractivity contribution in [2.75, 3.05) is 0 Å². The van der Waals surface area contributed by atoms with Crippen molar-refractivity contribution in [3.05, 3.63) is 17.5 Å². The molecule has 1 rings (SSSR count). The summed E-state index contributed by atoms with van der Waals surface area (Å²) in [5.74, 6) is 0. The maximum atomic E-state index is 8.43. The zero-order chi connectivity index (χ0) is 6.69. The van der Waals surface area contributed by atoms with E-state index in [0.29, 0.717) is 5.56 Å². The van der Waals surface area contributed by atoms with E-state index >= 15 is 0 Å². The first-order chi connectivity index (χ1) is 4.38. The minimum atomic E-state index is 0.650. The molecule has 1 heterocycles. The van der Waals surface area contributed by atoms with Crippen LogP contribution in [0, 0.1) is 11.3 Å². The van der Waals surface area contributed by atoms with E-state index < -0.39 is 0 Å². The van der Waals surface area contributed by atoms with Crippen LogP contribution in [-0.2, 0) is 6.42 Å². The zero-order valence-corrected chi connectivity index (χ0v) is 5.18. The van der Waals surface area contributed by atoms with Crippen LogP contribution in [0.4, 0.5) is 0 Å². The van der Waals surface area contributed by atoms with Gasteiger partial charge < -0.3 is 0 Å². The van der Waals surface area contributed by atoms with E-state index in [1.165, 1.54) is 0 Å². The van der Waals surface area contributed by atoms with Crippen molar-refractivity contribution in [2.45, 2.75) is 13.3 Å². The standard InChI is InChI=1S/C6H7N3/c1-2-6-5(3-7)4-8-9-6/h4H,2H2,1H3,(H,8,9). The summed E-state index contributed by atoms with van der Waals surface area (Å²) >= 11 is 0. The van der Waals surface area contributed by atoms with Crippen LogP contribution >= 0.6 is 0 Å². The maximum absolute atomic E-state index is 8.43. The number of aromatic nitrogens is 2. The lowest BCUT2D eigenvalue weighted by Crippen LogP contribution is -1.82. The van der Waals surface area contributed by atoms with Crippen LogP contribution in [0.5, 0.6) is 0 Å². The Morgan fingerprint density at radius 1 is 1.89 bits per heavy atom. The Bertz CT molecular complexity index is 231. The number of aromatic amines is 1. The van der Waals surface area contributed by atoms with Crippen molar-refractivity contribution >= 4 is 0 Å². The predicted molar refractivity (Wildman–Crippen MR) is 32.7 cm³/mol. The molecular formula is C6H7N3. The molecule has 0 aromatic carbocycles. The molecule has 9 heavy (non-hydrogen) atoms. The van der Waals surface area contributed by atoms with Crippen LogP contribution in [0.1, 0.15) is 18.2 Å². The van der Waals surface area contributed by atoms with Gasteiger partial charge in [0.15, 0.2) is 0 Å². The van der Waals surface area contributed by atoms with Gasteiger partial charge in [-0.25, -0.2) is 0 Å². The third-order valence-electron chi connectivity index (χ3n) is 1.19. The van der Waals surface area contributed by atoms with Crippen molar-refractivity contribution in [2.24, 2.45) is 0 Å². The monoisotopic (exact) mass is 121 g/mol. The fraction of sp³-hybridized carbons (Fsp3) is 0.333. The quantitative estimate of drug-likeness (QED) is 0.598. The maximum Gasteiger partial charge on any atom is 0.103 e. The number of hydrogen-bond donors (Lipinski definition) is 1. The molecule has 0 saturated carbocycles. The molecule has 0 unspecified atom stereocenters. The van der Waals surface area contributed by atoms with Gasteiger partial charge in [0.2, 0.25) is 0 Å². The summed E-state index contributed by atoms with van der Waals surface area (Å²) in [6, 6.07) is 2.03. The van der Waals surface area contributed by atoms with E-state index in [2.05, 4.69) is 10.2 Å². The van der Waals surface area contributed by atoms with Crippen molar-refractivity contribution in [1.82, 2.24) is 10.2 Å². The van der Waals surface area contributed by atoms with Gasteiger partial charge >= 0.3 is 0 Å². The molecule has 0 spiro atoms. The molecule has 0 atom stereocenters. The highest BCUT2D eigenvalue weighted by molar-refractivity contribution is 5.29. The number of aryl methyl sites for hydroxylation is 1. The molecular weight excluding hydrogens is 114 g/mol. The molecule has 1 aromatic rings. The second-order valence-electron chi connectivity index (χ2n) is 1.73. The van der Waals surface area contributed by atoms with E-state index in [4.69, 9.17) is 5.26 Å². The Hall–Kier alpha value is -1.30. The molecule has 0 radical (unpaired) electrons. The number of H-pyrrole nitrogens is 1. The van der Waals surface area contributed by atoms with Gasteiger partial charge in [0.25, 0.3) is 0 Å². The van der Waals surface area contributed by atoms with Gasteiger partial charge in [-0.1, -0.05) is 6.92 Å². The molecule has 3 nitrogen and oxygen atoms in total. The van der Waals surface area contributed by atoms with E-state index in [0.717, 1.165) is 12.1 Å². The van der Waals surface area contributed by atoms with Gasteiger partial charge in [0, 0.05) is 0 Å². The van der Waals surface area contributed by atoms with Crippen LogP contribution in [0.15, 0.2) is 6.20 Å². The van der Waals surface area contributed by atoms with Crippen molar-refractivity contribution in [3.8, 4) is 6.07 Å². The fourth-order valence-corrected chi connectivity index (χ4v) is 0.679. The molecule has 0 aliphatic carbocycles. The number of nitriles is 1. The van der Waals surface area contributed by atoms with Gasteiger partial charge in [-0.2, -0.15) is 10.4 Å². The van der Waals surface area contributed by atoms with Gasteiger partial charge in [-0.05, 0) is 6.42 Å². The van der Waals surface area contributed by atoms with E-state index in [1.54, 1.807) is 6.20 Å². The molecule has 0 aliphatic rings. The third-order valence-corrected chi connectivity index (χ3v) is 1.19. The average Bonchev–Trinajstić information content (AvgIpc) is 2.33. The smallest absolute Gasteiger partial charge is 0.103 e. The summed E-state index contributed by atoms with van der Waals surface area (Å²) in [5.41, 5.74) is 1.56. The van der Waals surface area contributed by atoms with Crippen LogP contribution < -0.4 is 0 Å². The number of nitrogens with one attached hydrogen (secondary N) is 1. The summed E-state index contributed by atoms with van der Waals surface area (Å²) in [6.07, 6.45) is 2.38. The first-order valence-corrected chi connectivity index (χ1v) is 2.80. The topological polar surface area (TPSA) is 52.5 Å². The molecule has 0 aliphatic heterocycles. The van der Waals surface area contributed by atoms with E-state index in [9.17, 15) is 0 Å². The van der Waals surface area contributed by atoms with Crippen LogP contribution in [0.3, 0.4) is 0 Å². The minimum absolute atomic E-state index is 0.650. The highest BCUT2D eigenvalue weighted by Gasteiger charge is 1.98. The lowest BCUT2D eigenvalue weighted by Gasteiger charge is -1.84. The Morgan fingerprint density at radius 2 is 2.67 bits per heavy atom. The van der Waals surface area contributed by atoms with Gasteiger partial charge in [0.05, 0.1) is 17.5 Å². The SMILES string of the molecule is CCc1[nH]ncc1C#N. The van der Waals surface area contributed by atoms with E-state index in [-0.39, 0.29) is 0 Å².